The molecule has 0 unspecified atom stereocenters. The zero-order valence-corrected chi connectivity index (χ0v) is 21.4. The minimum Gasteiger partial charge on any atom is -0.497 e. The summed E-state index contributed by atoms with van der Waals surface area (Å²) in [5.41, 5.74) is 1.64. The monoisotopic (exact) mass is 549 g/mol. The first kappa shape index (κ1) is 24.5. The van der Waals surface area contributed by atoms with Crippen molar-refractivity contribution in [3.63, 3.8) is 0 Å². The molecule has 1 amide bonds. The number of nitrogens with one attached hydrogen (secondary N) is 2. The van der Waals surface area contributed by atoms with Crippen LogP contribution in [-0.2, 0) is 14.9 Å². The molecule has 2 aromatic carbocycles. The molecule has 1 saturated carbocycles. The highest BCUT2D eigenvalue weighted by Crippen LogP contribution is 2.63. The highest BCUT2D eigenvalue weighted by molar-refractivity contribution is 6.09. The molecule has 1 spiro atoms. The van der Waals surface area contributed by atoms with Crippen molar-refractivity contribution in [2.75, 3.05) is 48.9 Å². The average molecular weight is 550 g/mol. The van der Waals surface area contributed by atoms with Crippen LogP contribution < -0.4 is 25.0 Å². The van der Waals surface area contributed by atoms with Gasteiger partial charge in [-0.2, -0.15) is 13.9 Å². The summed E-state index contributed by atoms with van der Waals surface area (Å²) in [5, 5.41) is 11.7. The molecule has 2 aliphatic heterocycles. The minimum atomic E-state index is -3.08. The molecular weight excluding hydrogens is 524 g/mol. The molecule has 2 aromatic heterocycles. The van der Waals surface area contributed by atoms with E-state index in [0.717, 1.165) is 22.2 Å². The van der Waals surface area contributed by atoms with Gasteiger partial charge in [0.2, 0.25) is 11.7 Å². The number of amides is 1. The van der Waals surface area contributed by atoms with E-state index in [4.69, 9.17) is 19.3 Å². The van der Waals surface area contributed by atoms with Crippen LogP contribution in [0, 0.1) is 0 Å². The van der Waals surface area contributed by atoms with E-state index in [9.17, 15) is 13.6 Å². The van der Waals surface area contributed by atoms with Crippen molar-refractivity contribution in [1.82, 2.24) is 19.7 Å². The zero-order chi connectivity index (χ0) is 27.4. The number of aromatic nitrogens is 4. The maximum atomic E-state index is 13.5. The first-order valence-electron chi connectivity index (χ1n) is 12.9. The Bertz CT molecular complexity index is 1620. The van der Waals surface area contributed by atoms with Crippen LogP contribution in [0.3, 0.4) is 0 Å². The van der Waals surface area contributed by atoms with E-state index in [0.29, 0.717) is 44.3 Å². The van der Waals surface area contributed by atoms with Gasteiger partial charge in [-0.1, -0.05) is 12.1 Å². The molecule has 11 nitrogen and oxygen atoms in total. The smallest absolute Gasteiger partial charge is 0.387 e. The highest BCUT2D eigenvalue weighted by Gasteiger charge is 2.66. The summed E-state index contributed by atoms with van der Waals surface area (Å²) in [6, 6.07) is 12.8. The summed E-state index contributed by atoms with van der Waals surface area (Å²) in [6.45, 7) is -1.23. The van der Waals surface area contributed by atoms with Crippen molar-refractivity contribution in [2.24, 2.45) is 0 Å². The summed E-state index contributed by atoms with van der Waals surface area (Å²) >= 11 is 0. The molecule has 2 atom stereocenters. The first-order valence-corrected chi connectivity index (χ1v) is 12.9. The third-order valence-electron chi connectivity index (χ3n) is 7.73. The second-order valence-corrected chi connectivity index (χ2v) is 9.85. The number of methoxy groups -OCH3 is 1. The summed E-state index contributed by atoms with van der Waals surface area (Å²) in [6.07, 6.45) is 1.85. The van der Waals surface area contributed by atoms with Crippen LogP contribution in [0.15, 0.2) is 48.8 Å². The van der Waals surface area contributed by atoms with Gasteiger partial charge in [0.15, 0.2) is 17.5 Å². The fraction of sp³-hybridized carbons (Fsp3) is 0.333. The van der Waals surface area contributed by atoms with Crippen molar-refractivity contribution in [2.45, 2.75) is 24.5 Å². The van der Waals surface area contributed by atoms with Crippen molar-refractivity contribution in [1.29, 1.82) is 0 Å². The molecule has 0 bridgehead atoms. The molecule has 40 heavy (non-hydrogen) atoms. The van der Waals surface area contributed by atoms with Crippen molar-refractivity contribution < 1.29 is 27.8 Å². The van der Waals surface area contributed by atoms with Crippen LogP contribution in [0.5, 0.6) is 11.5 Å². The Labute approximate surface area is 227 Å². The van der Waals surface area contributed by atoms with E-state index in [-0.39, 0.29) is 29.3 Å². The number of benzene rings is 2. The Balaban J connectivity index is 1.28. The van der Waals surface area contributed by atoms with Crippen LogP contribution in [0.2, 0.25) is 0 Å². The van der Waals surface area contributed by atoms with Crippen LogP contribution in [-0.4, -0.2) is 65.7 Å². The van der Waals surface area contributed by atoms with E-state index >= 15 is 0 Å². The standard InChI is InChI=1S/C27H25F2N7O4/c1-38-15-6-7-18-17(12-15)27(25(37)32-18)13-20(27)36-19-5-3-2-4-16(19)22(34-36)33-23-21(40-26(28)29)24(31-14-30-23)35-8-10-39-11-9-35/h2-7,12,14,20,26H,8-11,13H2,1H3,(H,32,37)(H,30,31,33,34)/t20-,27+/m0/s1. The van der Waals surface area contributed by atoms with Crippen molar-refractivity contribution in [3.05, 3.63) is 54.4 Å². The lowest BCUT2D eigenvalue weighted by Gasteiger charge is -2.29. The number of rotatable bonds is 7. The van der Waals surface area contributed by atoms with Crippen molar-refractivity contribution in [3.8, 4) is 11.5 Å². The van der Waals surface area contributed by atoms with Crippen molar-refractivity contribution >= 4 is 40.0 Å². The van der Waals surface area contributed by atoms with Gasteiger partial charge in [0.1, 0.15) is 17.5 Å². The SMILES string of the molecule is COc1ccc2c(c1)[C@@]1(C[C@@H]1n1nc(Nc3ncnc(N4CCOCC4)c3OC(F)F)c3ccccc31)C(=O)N2. The number of morpholine rings is 1. The Morgan fingerprint density at radius 1 is 1.15 bits per heavy atom. The minimum absolute atomic E-state index is 0.0615. The lowest BCUT2D eigenvalue weighted by atomic mass is 9.96. The number of carbonyl (C=O) groups is 1. The Morgan fingerprint density at radius 2 is 1.98 bits per heavy atom. The molecular formula is C27H25F2N7O4. The van der Waals surface area contributed by atoms with Gasteiger partial charge in [-0.25, -0.2) is 9.97 Å². The van der Waals surface area contributed by atoms with Gasteiger partial charge in [-0.05, 0) is 42.3 Å². The highest BCUT2D eigenvalue weighted by atomic mass is 19.3. The average Bonchev–Trinajstić information content (AvgIpc) is 3.53. The molecule has 206 valence electrons. The molecule has 13 heteroatoms. The van der Waals surface area contributed by atoms with Crippen LogP contribution in [0.1, 0.15) is 18.0 Å². The lowest BCUT2D eigenvalue weighted by molar-refractivity contribution is -0.118. The topological polar surface area (TPSA) is 116 Å². The van der Waals surface area contributed by atoms with E-state index in [2.05, 4.69) is 20.6 Å². The number of para-hydroxylation sites is 1. The van der Waals surface area contributed by atoms with Gasteiger partial charge in [-0.3, -0.25) is 9.48 Å². The number of hydrogen-bond donors (Lipinski definition) is 2. The molecule has 4 aromatic rings. The quantitative estimate of drug-likeness (QED) is 0.355. The summed E-state index contributed by atoms with van der Waals surface area (Å²) in [5.74, 6) is 1.11. The van der Waals surface area contributed by atoms with E-state index in [1.165, 1.54) is 6.33 Å². The third-order valence-corrected chi connectivity index (χ3v) is 7.73. The third kappa shape index (κ3) is 3.79. The second-order valence-electron chi connectivity index (χ2n) is 9.85. The van der Waals surface area contributed by atoms with Gasteiger partial charge in [0.05, 0.1) is 31.9 Å². The normalized spacial score (nSPS) is 21.6. The largest absolute Gasteiger partial charge is 0.497 e. The predicted molar refractivity (Wildman–Crippen MR) is 142 cm³/mol. The zero-order valence-electron chi connectivity index (χ0n) is 21.4. The molecule has 1 saturated heterocycles. The summed E-state index contributed by atoms with van der Waals surface area (Å²) < 4.78 is 44.6. The van der Waals surface area contributed by atoms with E-state index < -0.39 is 12.0 Å². The van der Waals surface area contributed by atoms with E-state index in [1.54, 1.807) is 7.11 Å². The summed E-state index contributed by atoms with van der Waals surface area (Å²) in [7, 11) is 1.59. The van der Waals surface area contributed by atoms with Crippen LogP contribution >= 0.6 is 0 Å². The van der Waals surface area contributed by atoms with Gasteiger partial charge in [0.25, 0.3) is 0 Å². The molecule has 4 heterocycles. The Hall–Kier alpha value is -4.52. The number of hydrogen-bond acceptors (Lipinski definition) is 9. The Kier molecular flexibility index (Phi) is 5.70. The van der Waals surface area contributed by atoms with Crippen LogP contribution in [0.25, 0.3) is 10.9 Å². The fourth-order valence-corrected chi connectivity index (χ4v) is 5.74. The number of carbonyl (C=O) groups excluding carboxylic acids is 1. The van der Waals surface area contributed by atoms with Crippen LogP contribution in [0.4, 0.5) is 31.9 Å². The molecule has 0 radical (unpaired) electrons. The number of halogens is 2. The fourth-order valence-electron chi connectivity index (χ4n) is 5.74. The summed E-state index contributed by atoms with van der Waals surface area (Å²) in [4.78, 5) is 23.5. The molecule has 7 rings (SSSR count). The van der Waals surface area contributed by atoms with Gasteiger partial charge in [0, 0.05) is 24.2 Å². The van der Waals surface area contributed by atoms with E-state index in [1.807, 2.05) is 52.0 Å². The molecule has 1 aliphatic carbocycles. The second kappa shape index (κ2) is 9.30. The number of nitrogens with zero attached hydrogens (tertiary/aromatic N) is 5. The molecule has 3 aliphatic rings. The van der Waals surface area contributed by atoms with Gasteiger partial charge in [-0.15, -0.1) is 0 Å². The van der Waals surface area contributed by atoms with Gasteiger partial charge < -0.3 is 29.7 Å². The molecule has 2 N–H and O–H groups in total. The first-order chi connectivity index (χ1) is 19.5. The maximum Gasteiger partial charge on any atom is 0.387 e. The molecule has 2 fully saturated rings. The number of fused-ring (bicyclic) bond motifs is 3. The lowest BCUT2D eigenvalue weighted by Crippen LogP contribution is -2.37. The number of alkyl halides is 2. The Morgan fingerprint density at radius 3 is 2.77 bits per heavy atom. The van der Waals surface area contributed by atoms with Gasteiger partial charge >= 0.3 is 6.61 Å². The predicted octanol–water partition coefficient (Wildman–Crippen LogP) is 3.85. The number of ether oxygens (including phenoxy) is 3. The maximum absolute atomic E-state index is 13.5. The number of anilines is 4.